The number of carbonyl (C=O) groups is 5. The minimum atomic E-state index is -1.22. The fraction of sp³-hybridized carbons (Fsp3) is 0.538. The number of amides is 4. The predicted octanol–water partition coefficient (Wildman–Crippen LogP) is -1.54. The Hall–Kier alpha value is -4.20. The first-order valence-electron chi connectivity index (χ1n) is 13.1. The van der Waals surface area contributed by atoms with Crippen LogP contribution in [0.4, 0.5) is 0 Å². The van der Waals surface area contributed by atoms with E-state index in [2.05, 4.69) is 20.9 Å². The van der Waals surface area contributed by atoms with Crippen LogP contribution in [0.3, 0.4) is 0 Å². The van der Waals surface area contributed by atoms with E-state index in [1.165, 1.54) is 0 Å². The van der Waals surface area contributed by atoms with Gasteiger partial charge in [0.1, 0.15) is 18.1 Å². The molecule has 0 radical (unpaired) electrons. The molecule has 4 atom stereocenters. The Balaban J connectivity index is 3.04. The lowest BCUT2D eigenvalue weighted by Crippen LogP contribution is -2.57. The zero-order valence-electron chi connectivity index (χ0n) is 23.0. The van der Waals surface area contributed by atoms with Crippen LogP contribution in [0.2, 0.25) is 0 Å². The topological polar surface area (TPSA) is 258 Å². The fourth-order valence-corrected chi connectivity index (χ4v) is 3.78. The number of aliphatic imine (C=N–C) groups is 1. The van der Waals surface area contributed by atoms with Crippen molar-refractivity contribution in [3.63, 3.8) is 0 Å². The largest absolute Gasteiger partial charge is 0.480 e. The zero-order valence-corrected chi connectivity index (χ0v) is 23.0. The van der Waals surface area contributed by atoms with Crippen LogP contribution in [0.25, 0.3) is 0 Å². The average molecular weight is 563 g/mol. The van der Waals surface area contributed by atoms with Gasteiger partial charge in [0.05, 0.1) is 6.04 Å². The first-order valence-corrected chi connectivity index (χ1v) is 13.1. The van der Waals surface area contributed by atoms with Crippen LogP contribution in [0.1, 0.15) is 51.5 Å². The van der Waals surface area contributed by atoms with Gasteiger partial charge < -0.3 is 44.0 Å². The number of hydrogen-bond donors (Lipinski definition) is 8. The van der Waals surface area contributed by atoms with Crippen molar-refractivity contribution in [2.45, 2.75) is 76.5 Å². The molecule has 14 heteroatoms. The summed E-state index contributed by atoms with van der Waals surface area (Å²) in [6.45, 7) is 3.88. The van der Waals surface area contributed by atoms with Gasteiger partial charge in [-0.3, -0.25) is 24.2 Å². The van der Waals surface area contributed by atoms with Crippen molar-refractivity contribution in [3.05, 3.63) is 35.9 Å². The molecule has 0 fully saturated rings. The quantitative estimate of drug-likeness (QED) is 0.0585. The zero-order chi connectivity index (χ0) is 30.2. The van der Waals surface area contributed by atoms with Crippen molar-refractivity contribution in [2.75, 3.05) is 6.54 Å². The molecule has 0 heterocycles. The summed E-state index contributed by atoms with van der Waals surface area (Å²) < 4.78 is 0. The summed E-state index contributed by atoms with van der Waals surface area (Å²) in [5.41, 5.74) is 22.4. The molecular weight excluding hydrogens is 520 g/mol. The fourth-order valence-electron chi connectivity index (χ4n) is 3.78. The van der Waals surface area contributed by atoms with Gasteiger partial charge in [-0.05, 0) is 37.2 Å². The summed E-state index contributed by atoms with van der Waals surface area (Å²) in [7, 11) is 0. The van der Waals surface area contributed by atoms with E-state index in [9.17, 15) is 29.1 Å². The van der Waals surface area contributed by atoms with Crippen molar-refractivity contribution in [1.29, 1.82) is 0 Å². The SMILES string of the molecule is CC(C)CC(NC(=O)C(CCCN=C(N)N)NC(=O)C(N)CCC(N)=O)C(=O)NC(Cc1ccccc1)C(=O)O. The maximum Gasteiger partial charge on any atom is 0.326 e. The molecular formula is C26H42N8O6. The van der Waals surface area contributed by atoms with Crippen LogP contribution in [-0.2, 0) is 30.4 Å². The second kappa shape index (κ2) is 17.4. The lowest BCUT2D eigenvalue weighted by Gasteiger charge is -2.26. The smallest absolute Gasteiger partial charge is 0.326 e. The summed E-state index contributed by atoms with van der Waals surface area (Å²) in [5, 5.41) is 17.4. The van der Waals surface area contributed by atoms with Crippen LogP contribution in [0.15, 0.2) is 35.3 Å². The predicted molar refractivity (Wildman–Crippen MR) is 149 cm³/mol. The molecule has 4 amide bonds. The van der Waals surface area contributed by atoms with Crippen LogP contribution in [0.5, 0.6) is 0 Å². The van der Waals surface area contributed by atoms with Crippen molar-refractivity contribution in [2.24, 2.45) is 33.8 Å². The number of carbonyl (C=O) groups excluding carboxylic acids is 4. The van der Waals surface area contributed by atoms with Gasteiger partial charge in [-0.2, -0.15) is 0 Å². The molecule has 1 aromatic rings. The minimum Gasteiger partial charge on any atom is -0.480 e. The highest BCUT2D eigenvalue weighted by atomic mass is 16.4. The highest BCUT2D eigenvalue weighted by molar-refractivity contribution is 5.94. The first kappa shape index (κ1) is 33.8. The molecule has 0 aliphatic carbocycles. The maximum atomic E-state index is 13.3. The van der Waals surface area contributed by atoms with E-state index in [0.717, 1.165) is 5.56 Å². The molecule has 0 aromatic heterocycles. The molecule has 0 saturated heterocycles. The number of hydrogen-bond acceptors (Lipinski definition) is 7. The van der Waals surface area contributed by atoms with E-state index in [1.54, 1.807) is 30.3 Å². The Morgan fingerprint density at radius 3 is 1.98 bits per heavy atom. The Morgan fingerprint density at radius 2 is 1.43 bits per heavy atom. The van der Waals surface area contributed by atoms with Crippen molar-refractivity contribution < 1.29 is 29.1 Å². The van der Waals surface area contributed by atoms with Gasteiger partial charge >= 0.3 is 5.97 Å². The third kappa shape index (κ3) is 13.6. The van der Waals surface area contributed by atoms with Gasteiger partial charge in [0.25, 0.3) is 0 Å². The second-order valence-electron chi connectivity index (χ2n) is 9.90. The number of guanidine groups is 1. The summed E-state index contributed by atoms with van der Waals surface area (Å²) in [5.74, 6) is -4.03. The van der Waals surface area contributed by atoms with Crippen LogP contribution in [0, 0.1) is 5.92 Å². The number of benzene rings is 1. The molecule has 0 saturated carbocycles. The highest BCUT2D eigenvalue weighted by Crippen LogP contribution is 2.10. The monoisotopic (exact) mass is 562 g/mol. The van der Waals surface area contributed by atoms with Crippen molar-refractivity contribution in [1.82, 2.24) is 16.0 Å². The lowest BCUT2D eigenvalue weighted by atomic mass is 10.0. The molecule has 12 N–H and O–H groups in total. The number of primary amides is 1. The number of nitrogens with zero attached hydrogens (tertiary/aromatic N) is 1. The Morgan fingerprint density at radius 1 is 0.850 bits per heavy atom. The van der Waals surface area contributed by atoms with E-state index in [1.807, 2.05) is 13.8 Å². The normalized spacial score (nSPS) is 13.8. The van der Waals surface area contributed by atoms with Crippen molar-refractivity contribution >= 4 is 35.6 Å². The summed E-state index contributed by atoms with van der Waals surface area (Å²) in [6.07, 6.45) is 0.559. The Bertz CT molecular complexity index is 1030. The molecule has 0 bridgehead atoms. The molecule has 1 rings (SSSR count). The van der Waals surface area contributed by atoms with E-state index in [-0.39, 0.29) is 50.5 Å². The molecule has 1 aromatic carbocycles. The highest BCUT2D eigenvalue weighted by Gasteiger charge is 2.30. The van der Waals surface area contributed by atoms with Crippen LogP contribution in [-0.4, -0.2) is 71.4 Å². The second-order valence-corrected chi connectivity index (χ2v) is 9.90. The molecule has 40 heavy (non-hydrogen) atoms. The van der Waals surface area contributed by atoms with Gasteiger partial charge in [-0.15, -0.1) is 0 Å². The molecule has 0 spiro atoms. The van der Waals surface area contributed by atoms with E-state index >= 15 is 0 Å². The van der Waals surface area contributed by atoms with E-state index < -0.39 is 53.8 Å². The number of nitrogens with two attached hydrogens (primary N) is 4. The van der Waals surface area contributed by atoms with Gasteiger partial charge in [0.15, 0.2) is 5.96 Å². The van der Waals surface area contributed by atoms with Gasteiger partial charge in [-0.1, -0.05) is 44.2 Å². The van der Waals surface area contributed by atoms with Gasteiger partial charge in [0.2, 0.25) is 23.6 Å². The average Bonchev–Trinajstić information content (AvgIpc) is 2.87. The van der Waals surface area contributed by atoms with Crippen LogP contribution < -0.4 is 38.9 Å². The number of carboxylic acids is 1. The minimum absolute atomic E-state index is 0.0140. The number of carboxylic acid groups (broad SMARTS) is 1. The van der Waals surface area contributed by atoms with Crippen LogP contribution >= 0.6 is 0 Å². The summed E-state index contributed by atoms with van der Waals surface area (Å²) >= 11 is 0. The van der Waals surface area contributed by atoms with E-state index in [0.29, 0.717) is 6.42 Å². The summed E-state index contributed by atoms with van der Waals surface area (Å²) in [4.78, 5) is 65.9. The van der Waals surface area contributed by atoms with E-state index in [4.69, 9.17) is 22.9 Å². The van der Waals surface area contributed by atoms with Gasteiger partial charge in [-0.25, -0.2) is 4.79 Å². The Kier molecular flexibility index (Phi) is 14.7. The molecule has 0 aliphatic heterocycles. The number of rotatable bonds is 18. The number of nitrogens with one attached hydrogen (secondary N) is 3. The lowest BCUT2D eigenvalue weighted by molar-refractivity contribution is -0.142. The third-order valence-electron chi connectivity index (χ3n) is 5.85. The van der Waals surface area contributed by atoms with Gasteiger partial charge in [0, 0.05) is 19.4 Å². The maximum absolute atomic E-state index is 13.3. The molecule has 0 aliphatic rings. The first-order chi connectivity index (χ1) is 18.8. The standard InChI is InChI=1S/C26H42N8O6/c1-15(2)13-19(24(38)34-20(25(39)40)14-16-7-4-3-5-8-16)33-23(37)18(9-6-12-31-26(29)30)32-22(36)17(27)10-11-21(28)35/h3-5,7-8,15,17-20H,6,9-14,27H2,1-2H3,(H2,28,35)(H,32,36)(H,33,37)(H,34,38)(H,39,40)(H4,29,30,31). The molecule has 222 valence electrons. The summed E-state index contributed by atoms with van der Waals surface area (Å²) in [6, 6.07) is 4.32. The molecule has 4 unspecified atom stereocenters. The Labute approximate surface area is 233 Å². The third-order valence-corrected chi connectivity index (χ3v) is 5.85. The van der Waals surface area contributed by atoms with Crippen molar-refractivity contribution in [3.8, 4) is 0 Å². The molecule has 14 nitrogen and oxygen atoms in total. The number of aliphatic carboxylic acids is 1.